The van der Waals surface area contributed by atoms with Crippen LogP contribution in [-0.4, -0.2) is 50.1 Å². The third-order valence-electron chi connectivity index (χ3n) is 4.88. The number of methoxy groups -OCH3 is 1. The molecule has 2 rings (SSSR count). The first-order valence-electron chi connectivity index (χ1n) is 8.12. The summed E-state index contributed by atoms with van der Waals surface area (Å²) in [5.41, 5.74) is 1.06. The van der Waals surface area contributed by atoms with Crippen LogP contribution >= 0.6 is 0 Å². The Morgan fingerprint density at radius 2 is 1.65 bits per heavy atom. The van der Waals surface area contributed by atoms with Gasteiger partial charge in [0.1, 0.15) is 0 Å². The second kappa shape index (κ2) is 7.59. The van der Waals surface area contributed by atoms with E-state index in [1.165, 1.54) is 26.4 Å². The average molecular weight is 318 g/mol. The van der Waals surface area contributed by atoms with Crippen molar-refractivity contribution >= 4 is 11.9 Å². The molecular weight excluding hydrogens is 292 g/mol. The maximum atomic E-state index is 12.4. The quantitative estimate of drug-likeness (QED) is 0.847. The molecule has 1 saturated carbocycles. The second-order valence-electron chi connectivity index (χ2n) is 6.43. The summed E-state index contributed by atoms with van der Waals surface area (Å²) in [7, 11) is 5.51. The molecule has 126 valence electrons. The van der Waals surface area contributed by atoms with Gasteiger partial charge in [-0.3, -0.25) is 4.79 Å². The highest BCUT2D eigenvalue weighted by Gasteiger charge is 2.34. The van der Waals surface area contributed by atoms with Crippen molar-refractivity contribution in [3.05, 3.63) is 35.4 Å². The molecule has 5 heteroatoms. The van der Waals surface area contributed by atoms with Gasteiger partial charge >= 0.3 is 5.97 Å². The first-order valence-corrected chi connectivity index (χ1v) is 8.12. The lowest BCUT2D eigenvalue weighted by Crippen LogP contribution is -2.53. The number of amides is 1. The van der Waals surface area contributed by atoms with Crippen LogP contribution in [0.4, 0.5) is 0 Å². The molecule has 1 aromatic rings. The molecule has 23 heavy (non-hydrogen) atoms. The SMILES string of the molecule is COC(=O)c1ccc(C(=O)NCC2(N(C)C)CCCCC2)cc1. The molecule has 0 atom stereocenters. The van der Waals surface area contributed by atoms with E-state index in [4.69, 9.17) is 0 Å². The summed E-state index contributed by atoms with van der Waals surface area (Å²) in [6.07, 6.45) is 5.92. The van der Waals surface area contributed by atoms with E-state index in [1.54, 1.807) is 24.3 Å². The van der Waals surface area contributed by atoms with Crippen molar-refractivity contribution in [1.29, 1.82) is 0 Å². The van der Waals surface area contributed by atoms with Crippen molar-refractivity contribution in [3.8, 4) is 0 Å². The number of rotatable bonds is 5. The highest BCUT2D eigenvalue weighted by molar-refractivity contribution is 5.96. The summed E-state index contributed by atoms with van der Waals surface area (Å²) in [6, 6.07) is 6.54. The fourth-order valence-electron chi connectivity index (χ4n) is 3.21. The lowest BCUT2D eigenvalue weighted by molar-refractivity contribution is 0.0600. The molecule has 0 heterocycles. The van der Waals surface area contributed by atoms with E-state index in [0.29, 0.717) is 17.7 Å². The standard InChI is InChI=1S/C18H26N2O3/c1-20(2)18(11-5-4-6-12-18)13-19-16(21)14-7-9-15(10-8-14)17(22)23-3/h7-10H,4-6,11-13H2,1-3H3,(H,19,21). The minimum Gasteiger partial charge on any atom is -0.465 e. The zero-order valence-corrected chi connectivity index (χ0v) is 14.2. The maximum Gasteiger partial charge on any atom is 0.337 e. The monoisotopic (exact) mass is 318 g/mol. The number of nitrogens with one attached hydrogen (secondary N) is 1. The number of esters is 1. The van der Waals surface area contributed by atoms with Crippen LogP contribution in [-0.2, 0) is 4.74 Å². The molecule has 0 spiro atoms. The molecule has 0 aromatic heterocycles. The topological polar surface area (TPSA) is 58.6 Å². The van der Waals surface area contributed by atoms with Crippen LogP contribution in [0.5, 0.6) is 0 Å². The Kier molecular flexibility index (Phi) is 5.77. The molecule has 0 aliphatic heterocycles. The summed E-state index contributed by atoms with van der Waals surface area (Å²) < 4.78 is 4.66. The molecule has 0 saturated heterocycles. The van der Waals surface area contributed by atoms with Crippen LogP contribution in [0.2, 0.25) is 0 Å². The molecule has 1 amide bonds. The summed E-state index contributed by atoms with van der Waals surface area (Å²) in [5.74, 6) is -0.501. The van der Waals surface area contributed by atoms with Crippen LogP contribution in [0.25, 0.3) is 0 Å². The summed E-state index contributed by atoms with van der Waals surface area (Å²) in [5, 5.41) is 3.06. The van der Waals surface area contributed by atoms with Crippen LogP contribution in [0, 0.1) is 0 Å². The van der Waals surface area contributed by atoms with Crippen LogP contribution in [0.1, 0.15) is 52.8 Å². The summed E-state index contributed by atoms with van der Waals surface area (Å²) >= 11 is 0. The molecule has 1 N–H and O–H groups in total. The Labute approximate surface area is 138 Å². The smallest absolute Gasteiger partial charge is 0.337 e. The second-order valence-corrected chi connectivity index (χ2v) is 6.43. The van der Waals surface area contributed by atoms with Gasteiger partial charge in [-0.25, -0.2) is 4.79 Å². The number of benzene rings is 1. The molecule has 0 unspecified atom stereocenters. The van der Waals surface area contributed by atoms with Gasteiger partial charge in [-0.15, -0.1) is 0 Å². The molecule has 5 nitrogen and oxygen atoms in total. The van der Waals surface area contributed by atoms with Gasteiger partial charge in [0.2, 0.25) is 0 Å². The zero-order valence-electron chi connectivity index (χ0n) is 14.2. The van der Waals surface area contributed by atoms with Gasteiger partial charge in [-0.2, -0.15) is 0 Å². The third-order valence-corrected chi connectivity index (χ3v) is 4.88. The molecule has 1 aromatic carbocycles. The Morgan fingerprint density at radius 3 is 2.17 bits per heavy atom. The van der Waals surface area contributed by atoms with Gasteiger partial charge in [0.15, 0.2) is 0 Å². The number of likely N-dealkylation sites (N-methyl/N-ethyl adjacent to an activating group) is 1. The highest BCUT2D eigenvalue weighted by atomic mass is 16.5. The number of hydrogen-bond acceptors (Lipinski definition) is 4. The molecule has 1 aliphatic carbocycles. The van der Waals surface area contributed by atoms with Crippen LogP contribution in [0.15, 0.2) is 24.3 Å². The molecule has 0 radical (unpaired) electrons. The lowest BCUT2D eigenvalue weighted by Gasteiger charge is -2.43. The maximum absolute atomic E-state index is 12.4. The molecule has 1 aliphatic rings. The van der Waals surface area contributed by atoms with Crippen molar-refractivity contribution in [2.75, 3.05) is 27.7 Å². The Hall–Kier alpha value is -1.88. The molecule has 1 fully saturated rings. The van der Waals surface area contributed by atoms with E-state index in [9.17, 15) is 9.59 Å². The summed E-state index contributed by atoms with van der Waals surface area (Å²) in [6.45, 7) is 0.650. The van der Waals surface area contributed by atoms with Gasteiger partial charge in [-0.05, 0) is 51.2 Å². The fourth-order valence-corrected chi connectivity index (χ4v) is 3.21. The normalized spacial score (nSPS) is 16.9. The first kappa shape index (κ1) is 17.5. The van der Waals surface area contributed by atoms with E-state index in [-0.39, 0.29) is 11.4 Å². The highest BCUT2D eigenvalue weighted by Crippen LogP contribution is 2.31. The zero-order chi connectivity index (χ0) is 16.9. The van der Waals surface area contributed by atoms with Gasteiger partial charge in [0.25, 0.3) is 5.91 Å². The predicted molar refractivity (Wildman–Crippen MR) is 89.6 cm³/mol. The Balaban J connectivity index is 1.99. The van der Waals surface area contributed by atoms with Crippen LogP contribution < -0.4 is 5.32 Å². The van der Waals surface area contributed by atoms with Gasteiger partial charge in [0.05, 0.1) is 12.7 Å². The van der Waals surface area contributed by atoms with E-state index in [2.05, 4.69) is 29.0 Å². The van der Waals surface area contributed by atoms with E-state index in [1.807, 2.05) is 0 Å². The first-order chi connectivity index (χ1) is 11.0. The van der Waals surface area contributed by atoms with Gasteiger partial charge < -0.3 is 15.0 Å². The number of ether oxygens (including phenoxy) is 1. The fraction of sp³-hybridized carbons (Fsp3) is 0.556. The largest absolute Gasteiger partial charge is 0.465 e. The number of hydrogen-bond donors (Lipinski definition) is 1. The summed E-state index contributed by atoms with van der Waals surface area (Å²) in [4.78, 5) is 26.0. The number of carbonyl (C=O) groups excluding carboxylic acids is 2. The predicted octanol–water partition coefficient (Wildman–Crippen LogP) is 2.47. The third kappa shape index (κ3) is 4.10. The van der Waals surface area contributed by atoms with Crippen molar-refractivity contribution in [3.63, 3.8) is 0 Å². The van der Waals surface area contributed by atoms with Gasteiger partial charge in [-0.1, -0.05) is 19.3 Å². The minimum absolute atomic E-state index is 0.0554. The lowest BCUT2D eigenvalue weighted by atomic mass is 9.80. The molecular formula is C18H26N2O3. The van der Waals surface area contributed by atoms with Crippen LogP contribution in [0.3, 0.4) is 0 Å². The van der Waals surface area contributed by atoms with Crippen molar-refractivity contribution in [1.82, 2.24) is 10.2 Å². The van der Waals surface area contributed by atoms with Gasteiger partial charge in [0, 0.05) is 17.6 Å². The van der Waals surface area contributed by atoms with Crippen molar-refractivity contribution < 1.29 is 14.3 Å². The Bertz CT molecular complexity index is 546. The number of carbonyl (C=O) groups is 2. The Morgan fingerprint density at radius 1 is 1.09 bits per heavy atom. The van der Waals surface area contributed by atoms with Crippen molar-refractivity contribution in [2.24, 2.45) is 0 Å². The number of nitrogens with zero attached hydrogens (tertiary/aromatic N) is 1. The average Bonchev–Trinajstić information content (AvgIpc) is 2.59. The van der Waals surface area contributed by atoms with E-state index in [0.717, 1.165) is 12.8 Å². The van der Waals surface area contributed by atoms with Crippen molar-refractivity contribution in [2.45, 2.75) is 37.6 Å². The molecule has 0 bridgehead atoms. The minimum atomic E-state index is -0.397. The van der Waals surface area contributed by atoms with E-state index >= 15 is 0 Å². The van der Waals surface area contributed by atoms with E-state index < -0.39 is 5.97 Å².